The number of piperidine rings is 2. The molecule has 0 spiro atoms. The first-order chi connectivity index (χ1) is 30.1. The van der Waals surface area contributed by atoms with Gasteiger partial charge in [-0.25, -0.2) is 10.2 Å². The molecule has 4 heterocycles. The topological polar surface area (TPSA) is 240 Å². The fraction of sp³-hybridized carbons (Fsp3) is 0.435. The van der Waals surface area contributed by atoms with Crippen molar-refractivity contribution in [3.8, 4) is 28.6 Å². The van der Waals surface area contributed by atoms with Gasteiger partial charge >= 0.3 is 0 Å². The number of hydrogen-bond acceptors (Lipinski definition) is 12. The minimum Gasteiger partial charge on any atom is -0.508 e. The number of phenolic OH excluding ortho intramolecular Hbond substituents is 2. The zero-order chi connectivity index (χ0) is 45.5. The van der Waals surface area contributed by atoms with Crippen LogP contribution in [0.15, 0.2) is 54.6 Å². The number of aromatic hydroxyl groups is 2. The van der Waals surface area contributed by atoms with Gasteiger partial charge in [-0.15, -0.1) is 10.2 Å². The van der Waals surface area contributed by atoms with Crippen LogP contribution < -0.4 is 16.0 Å². The summed E-state index contributed by atoms with van der Waals surface area (Å²) >= 11 is 0. The minimum atomic E-state index is -0.789. The number of imide groups is 1. The predicted octanol–water partition coefficient (Wildman–Crippen LogP) is 5.07. The Kier molecular flexibility index (Phi) is 14.5. The van der Waals surface area contributed by atoms with Crippen LogP contribution in [-0.2, 0) is 43.5 Å². The molecule has 2 atom stereocenters. The lowest BCUT2D eigenvalue weighted by Crippen LogP contribution is -2.52. The van der Waals surface area contributed by atoms with E-state index < -0.39 is 18.0 Å². The zero-order valence-corrected chi connectivity index (χ0v) is 36.2. The van der Waals surface area contributed by atoms with Crippen LogP contribution in [0.3, 0.4) is 0 Å². The number of amides is 5. The van der Waals surface area contributed by atoms with E-state index in [2.05, 4.69) is 43.2 Å². The molecule has 6 N–H and O–H groups in total. The Morgan fingerprint density at radius 1 is 0.952 bits per heavy atom. The highest BCUT2D eigenvalue weighted by molar-refractivity contribution is 6.07. The van der Waals surface area contributed by atoms with E-state index in [1.165, 1.54) is 11.0 Å². The quantitative estimate of drug-likeness (QED) is 0.0589. The maximum absolute atomic E-state index is 13.8. The predicted molar refractivity (Wildman–Crippen MR) is 233 cm³/mol. The van der Waals surface area contributed by atoms with Crippen molar-refractivity contribution in [2.45, 2.75) is 104 Å². The molecule has 4 aromatic rings. The highest BCUT2D eigenvalue weighted by Crippen LogP contribution is 2.38. The Balaban J connectivity index is 0.00000214. The zero-order valence-electron chi connectivity index (χ0n) is 36.2. The van der Waals surface area contributed by atoms with Gasteiger partial charge in [-0.05, 0) is 92.1 Å². The molecular weight excluding hydrogens is 807 g/mol. The fourth-order valence-corrected chi connectivity index (χ4v) is 8.50. The number of rotatable bonds is 13. The van der Waals surface area contributed by atoms with E-state index in [9.17, 15) is 34.2 Å². The summed E-state index contributed by atoms with van der Waals surface area (Å²) in [6, 6.07) is 14.8. The lowest BCUT2D eigenvalue weighted by atomic mass is 9.94. The number of nitrogens with zero attached hydrogens (tertiary/aromatic N) is 5. The summed E-state index contributed by atoms with van der Waals surface area (Å²) in [6.45, 7) is 12.2. The van der Waals surface area contributed by atoms with Crippen LogP contribution in [0.2, 0.25) is 0 Å². The van der Waals surface area contributed by atoms with E-state index in [0.717, 1.165) is 23.2 Å². The summed E-state index contributed by atoms with van der Waals surface area (Å²) in [4.78, 5) is 77.2. The van der Waals surface area contributed by atoms with Crippen LogP contribution in [0, 0.1) is 17.2 Å². The molecule has 0 saturated carbocycles. The number of carbonyl (C=O) groups excluding carboxylic acids is 6. The summed E-state index contributed by atoms with van der Waals surface area (Å²) in [7, 11) is 0. The Morgan fingerprint density at radius 2 is 1.65 bits per heavy atom. The van der Waals surface area contributed by atoms with Crippen molar-refractivity contribution in [3.63, 3.8) is 0 Å². The molecule has 0 radical (unpaired) electrons. The average molecular weight is 862 g/mol. The number of aromatic nitrogens is 3. The second kappa shape index (κ2) is 20.0. The Labute approximate surface area is 365 Å². The van der Waals surface area contributed by atoms with Crippen LogP contribution in [0.1, 0.15) is 106 Å². The maximum atomic E-state index is 13.8. The van der Waals surface area contributed by atoms with Crippen LogP contribution in [0.5, 0.6) is 11.5 Å². The number of phenols is 2. The SMILES string of the molecule is CCc1nnc(-c2cc(C(C)C)c(O)cc2O)n1-c1ccc(CN2CCC(C(=O)N[C@@H](CC(C)C)C(=O)Nc3cccc4c3CN(C3CCC(=O)NC3=O)C4=O)CC2)cc1.N=C=O. The Hall–Kier alpha value is -6.71. The van der Waals surface area contributed by atoms with Crippen molar-refractivity contribution in [3.05, 3.63) is 82.7 Å². The van der Waals surface area contributed by atoms with Gasteiger partial charge in [0.1, 0.15) is 29.4 Å². The van der Waals surface area contributed by atoms with Crippen molar-refractivity contribution in [2.75, 3.05) is 18.4 Å². The Morgan fingerprint density at radius 3 is 2.29 bits per heavy atom. The van der Waals surface area contributed by atoms with E-state index in [-0.39, 0.29) is 72.3 Å². The van der Waals surface area contributed by atoms with Gasteiger partial charge in [0.25, 0.3) is 5.91 Å². The molecule has 63 heavy (non-hydrogen) atoms. The molecule has 2 saturated heterocycles. The number of carbonyl (C=O) groups is 5. The van der Waals surface area contributed by atoms with E-state index in [0.29, 0.717) is 79.1 Å². The number of fused-ring (bicyclic) bond motifs is 1. The minimum absolute atomic E-state index is 0.0376. The molecule has 17 heteroatoms. The summed E-state index contributed by atoms with van der Waals surface area (Å²) in [6.07, 6.45) is 3.47. The molecule has 5 amide bonds. The van der Waals surface area contributed by atoms with Gasteiger partial charge in [0.15, 0.2) is 5.82 Å². The van der Waals surface area contributed by atoms with Crippen LogP contribution >= 0.6 is 0 Å². The van der Waals surface area contributed by atoms with Gasteiger partial charge in [-0.2, -0.15) is 0 Å². The van der Waals surface area contributed by atoms with E-state index in [1.807, 2.05) is 51.3 Å². The number of nitrogens with one attached hydrogen (secondary N) is 4. The molecule has 3 aliphatic heterocycles. The summed E-state index contributed by atoms with van der Waals surface area (Å²) in [5.74, 6) is -0.622. The lowest BCUT2D eigenvalue weighted by molar-refractivity contribution is -0.137. The number of anilines is 1. The maximum Gasteiger partial charge on any atom is 0.255 e. The summed E-state index contributed by atoms with van der Waals surface area (Å²) in [5.41, 5.74) is 4.60. The van der Waals surface area contributed by atoms with Gasteiger partial charge in [0.05, 0.1) is 5.56 Å². The normalized spacial score (nSPS) is 17.2. The first-order valence-corrected chi connectivity index (χ1v) is 21.4. The number of benzene rings is 3. The van der Waals surface area contributed by atoms with Gasteiger partial charge in [0.2, 0.25) is 29.7 Å². The number of likely N-dealkylation sites (tertiary alicyclic amines) is 1. The first kappa shape index (κ1) is 45.8. The largest absolute Gasteiger partial charge is 0.508 e. The van der Waals surface area contributed by atoms with Gasteiger partial charge in [0, 0.05) is 60.4 Å². The Bertz CT molecular complexity index is 2400. The van der Waals surface area contributed by atoms with Crippen molar-refractivity contribution in [1.82, 2.24) is 35.2 Å². The number of isocyanates is 1. The summed E-state index contributed by atoms with van der Waals surface area (Å²) < 4.78 is 1.93. The van der Waals surface area contributed by atoms with Crippen LogP contribution in [0.25, 0.3) is 17.1 Å². The molecule has 0 bridgehead atoms. The standard InChI is InChI=1S/C45H54N8O7.CHNO/c1-6-39-49-50-41(32-21-31(26(4)5)37(54)22-38(32)55)53(39)29-12-10-27(11-13-29)23-51-18-16-28(17-19-51)42(57)47-35(20-25(2)3)43(58)46-34-9-7-8-30-33(34)24-52(45(30)60)36-14-15-40(56)48-44(36)59;2-1-3/h7-13,21-22,25-26,28,35-36,54-55H,6,14-20,23-24H2,1-5H3,(H,46,58)(H,47,57)(H,48,56,59);2H/t35-,36?;/m0./s1. The van der Waals surface area contributed by atoms with E-state index in [1.54, 1.807) is 24.3 Å². The molecule has 332 valence electrons. The van der Waals surface area contributed by atoms with Crippen molar-refractivity contribution >= 4 is 41.3 Å². The summed E-state index contributed by atoms with van der Waals surface area (Å²) in [5, 5.41) is 43.8. The number of hydrogen-bond donors (Lipinski definition) is 6. The fourth-order valence-electron chi connectivity index (χ4n) is 8.50. The third-order valence-electron chi connectivity index (χ3n) is 11.8. The molecule has 1 aromatic heterocycles. The van der Waals surface area contributed by atoms with Crippen molar-refractivity contribution in [1.29, 1.82) is 5.41 Å². The van der Waals surface area contributed by atoms with Gasteiger partial charge in [-0.1, -0.05) is 52.8 Å². The highest BCUT2D eigenvalue weighted by atomic mass is 16.3. The average Bonchev–Trinajstić information content (AvgIpc) is 3.82. The van der Waals surface area contributed by atoms with E-state index >= 15 is 0 Å². The second-order valence-corrected chi connectivity index (χ2v) is 16.9. The smallest absolute Gasteiger partial charge is 0.255 e. The molecule has 3 aliphatic rings. The van der Waals surface area contributed by atoms with Crippen LogP contribution in [0.4, 0.5) is 5.69 Å². The second-order valence-electron chi connectivity index (χ2n) is 16.9. The number of aryl methyl sites for hydroxylation is 1. The molecule has 2 fully saturated rings. The molecule has 1 unspecified atom stereocenters. The van der Waals surface area contributed by atoms with Gasteiger partial charge in [-0.3, -0.25) is 38.8 Å². The monoisotopic (exact) mass is 861 g/mol. The molecule has 7 rings (SSSR count). The van der Waals surface area contributed by atoms with Crippen molar-refractivity contribution < 1.29 is 39.0 Å². The highest BCUT2D eigenvalue weighted by Gasteiger charge is 2.40. The van der Waals surface area contributed by atoms with Crippen LogP contribution in [-0.4, -0.2) is 95.6 Å². The molecule has 17 nitrogen and oxygen atoms in total. The van der Waals surface area contributed by atoms with Crippen molar-refractivity contribution in [2.24, 2.45) is 11.8 Å². The molecular formula is C46H55N9O8. The third kappa shape index (κ3) is 10.3. The third-order valence-corrected chi connectivity index (χ3v) is 11.8. The van der Waals surface area contributed by atoms with E-state index in [4.69, 9.17) is 10.2 Å². The lowest BCUT2D eigenvalue weighted by Gasteiger charge is -2.32. The molecule has 0 aliphatic carbocycles. The molecule has 3 aromatic carbocycles. The van der Waals surface area contributed by atoms with Gasteiger partial charge < -0.3 is 25.7 Å². The first-order valence-electron chi connectivity index (χ1n) is 21.4.